The molecule has 0 radical (unpaired) electrons. The van der Waals surface area contributed by atoms with Gasteiger partial charge < -0.3 is 14.3 Å². The molecular weight excluding hydrogens is 225 g/mol. The van der Waals surface area contributed by atoms with Crippen molar-refractivity contribution >= 4 is 20.9 Å². The Morgan fingerprint density at radius 1 is 1.69 bits per heavy atom. The van der Waals surface area contributed by atoms with Crippen LogP contribution >= 0.6 is 9.03 Å². The molecule has 16 heavy (non-hydrogen) atoms. The molecule has 1 N–H and O–H groups in total. The summed E-state index contributed by atoms with van der Waals surface area (Å²) in [5.74, 6) is 1.52. The maximum atomic E-state index is 8.71. The van der Waals surface area contributed by atoms with E-state index in [4.69, 9.17) is 9.42 Å². The Balaban J connectivity index is 2.05. The van der Waals surface area contributed by atoms with Crippen molar-refractivity contribution < 1.29 is 9.42 Å². The molecule has 0 saturated carbocycles. The average Bonchev–Trinajstić information content (AvgIpc) is 2.78. The molecule has 6 heteroatoms. The summed E-state index contributed by atoms with van der Waals surface area (Å²) in [6.45, 7) is 5.30. The van der Waals surface area contributed by atoms with E-state index < -0.39 is 9.03 Å². The Morgan fingerprint density at radius 3 is 3.31 bits per heavy atom. The molecule has 2 unspecified atom stereocenters. The second-order valence-corrected chi connectivity index (χ2v) is 3.96. The largest absolute Gasteiger partial charge is 0.354 e. The molecule has 5 nitrogen and oxygen atoms in total. The molecule has 0 aliphatic carbocycles. The topological polar surface area (TPSA) is 58.5 Å². The summed E-state index contributed by atoms with van der Waals surface area (Å²) in [6, 6.07) is 1.87. The predicted molar refractivity (Wildman–Crippen MR) is 64.4 cm³/mol. The van der Waals surface area contributed by atoms with Crippen molar-refractivity contribution in [2.24, 2.45) is 0 Å². The molecule has 0 spiro atoms. The molecule has 1 aromatic heterocycles. The van der Waals surface area contributed by atoms with Crippen LogP contribution in [-0.2, 0) is 4.52 Å². The van der Waals surface area contributed by atoms with E-state index in [1.165, 1.54) is 0 Å². The van der Waals surface area contributed by atoms with Crippen LogP contribution in [0.3, 0.4) is 0 Å². The van der Waals surface area contributed by atoms with Gasteiger partial charge in [0.1, 0.15) is 5.82 Å². The van der Waals surface area contributed by atoms with Crippen LogP contribution in [0.1, 0.15) is 12.2 Å². The van der Waals surface area contributed by atoms with E-state index in [9.17, 15) is 0 Å². The van der Waals surface area contributed by atoms with Gasteiger partial charge in [-0.3, -0.25) is 0 Å². The molecule has 86 valence electrons. The highest BCUT2D eigenvalue weighted by Crippen LogP contribution is 2.23. The maximum absolute atomic E-state index is 8.71. The van der Waals surface area contributed by atoms with Crippen molar-refractivity contribution in [3.63, 3.8) is 0 Å². The summed E-state index contributed by atoms with van der Waals surface area (Å²) < 4.78 is 5.19. The third kappa shape index (κ3) is 2.55. The van der Waals surface area contributed by atoms with Gasteiger partial charge in [-0.25, -0.2) is 9.97 Å². The predicted octanol–water partition coefficient (Wildman–Crippen LogP) is 1.22. The third-order valence-electron chi connectivity index (χ3n) is 2.53. The highest BCUT2D eigenvalue weighted by Gasteiger charge is 2.24. The lowest BCUT2D eigenvalue weighted by Crippen LogP contribution is -2.22. The number of hydrogen-bond donors (Lipinski definition) is 1. The van der Waals surface area contributed by atoms with Crippen LogP contribution < -0.4 is 4.90 Å². The van der Waals surface area contributed by atoms with Gasteiger partial charge in [0, 0.05) is 19.3 Å². The molecular formula is C10H14N3O2P. The fraction of sp³-hybridized carbons (Fsp3) is 0.400. The smallest absolute Gasteiger partial charge is 0.153 e. The van der Waals surface area contributed by atoms with Crippen LogP contribution in [0.15, 0.2) is 18.8 Å². The van der Waals surface area contributed by atoms with Gasteiger partial charge in [-0.2, -0.15) is 0 Å². The van der Waals surface area contributed by atoms with Gasteiger partial charge in [0.15, 0.2) is 14.9 Å². The number of aromatic nitrogens is 2. The zero-order valence-electron chi connectivity index (χ0n) is 8.83. The Morgan fingerprint density at radius 2 is 2.56 bits per heavy atom. The van der Waals surface area contributed by atoms with Gasteiger partial charge >= 0.3 is 0 Å². The number of rotatable bonds is 4. The second-order valence-electron chi connectivity index (χ2n) is 3.54. The molecule has 2 heterocycles. The SMILES string of the molecule is C=Cc1nccc(N2CCC(OPO)C2)n1. The van der Waals surface area contributed by atoms with Crippen LogP contribution in [0, 0.1) is 0 Å². The van der Waals surface area contributed by atoms with E-state index in [1.54, 1.807) is 12.3 Å². The fourth-order valence-electron chi connectivity index (χ4n) is 1.75. The number of hydrogen-bond acceptors (Lipinski definition) is 5. The zero-order chi connectivity index (χ0) is 11.4. The van der Waals surface area contributed by atoms with Gasteiger partial charge in [-0.15, -0.1) is 0 Å². The van der Waals surface area contributed by atoms with E-state index >= 15 is 0 Å². The summed E-state index contributed by atoms with van der Waals surface area (Å²) in [5, 5.41) is 0. The molecule has 1 aliphatic heterocycles. The third-order valence-corrected chi connectivity index (χ3v) is 2.97. The lowest BCUT2D eigenvalue weighted by atomic mass is 10.3. The van der Waals surface area contributed by atoms with Crippen molar-refractivity contribution in [3.05, 3.63) is 24.7 Å². The van der Waals surface area contributed by atoms with Crippen molar-refractivity contribution in [2.75, 3.05) is 18.0 Å². The van der Waals surface area contributed by atoms with E-state index in [-0.39, 0.29) is 6.10 Å². The monoisotopic (exact) mass is 239 g/mol. The normalized spacial score (nSPS) is 20.8. The minimum absolute atomic E-state index is 0.102. The first-order valence-corrected chi connectivity index (χ1v) is 5.94. The van der Waals surface area contributed by atoms with Gasteiger partial charge in [0.05, 0.1) is 6.10 Å². The van der Waals surface area contributed by atoms with E-state index in [0.29, 0.717) is 5.82 Å². The minimum Gasteiger partial charge on any atom is -0.354 e. The van der Waals surface area contributed by atoms with Gasteiger partial charge in [-0.05, 0) is 18.6 Å². The molecule has 0 aromatic carbocycles. The summed E-state index contributed by atoms with van der Waals surface area (Å²) >= 11 is 0. The molecule has 1 saturated heterocycles. The molecule has 1 aromatic rings. The van der Waals surface area contributed by atoms with Gasteiger partial charge in [-0.1, -0.05) is 6.58 Å². The first kappa shape index (κ1) is 11.5. The highest BCUT2D eigenvalue weighted by atomic mass is 31.1. The van der Waals surface area contributed by atoms with Crippen molar-refractivity contribution in [1.82, 2.24) is 9.97 Å². The quantitative estimate of drug-likeness (QED) is 0.800. The van der Waals surface area contributed by atoms with E-state index in [1.807, 2.05) is 6.07 Å². The van der Waals surface area contributed by atoms with Crippen molar-refractivity contribution in [1.29, 1.82) is 0 Å². The molecule has 1 aliphatic rings. The van der Waals surface area contributed by atoms with Crippen molar-refractivity contribution in [2.45, 2.75) is 12.5 Å². The van der Waals surface area contributed by atoms with E-state index in [2.05, 4.69) is 21.4 Å². The standard InChI is InChI=1S/C10H14N3O2P/c1-2-9-11-5-3-10(12-9)13-6-4-8(7-13)15-16-14/h2-3,5,8,14,16H,1,4,6-7H2. The number of nitrogens with zero attached hydrogens (tertiary/aromatic N) is 3. The Hall–Kier alpha value is -1.03. The first-order chi connectivity index (χ1) is 7.83. The van der Waals surface area contributed by atoms with Crippen LogP contribution in [-0.4, -0.2) is 34.1 Å². The summed E-state index contributed by atoms with van der Waals surface area (Å²) in [4.78, 5) is 19.2. The zero-order valence-corrected chi connectivity index (χ0v) is 9.83. The van der Waals surface area contributed by atoms with Crippen LogP contribution in [0.25, 0.3) is 6.08 Å². The highest BCUT2D eigenvalue weighted by molar-refractivity contribution is 7.25. The fourth-order valence-corrected chi connectivity index (χ4v) is 2.09. The summed E-state index contributed by atoms with van der Waals surface area (Å²) in [6.07, 6.45) is 4.37. The lowest BCUT2D eigenvalue weighted by Gasteiger charge is -2.17. The van der Waals surface area contributed by atoms with Crippen LogP contribution in [0.2, 0.25) is 0 Å². The summed E-state index contributed by atoms with van der Waals surface area (Å²) in [5.41, 5.74) is 0. The Kier molecular flexibility index (Phi) is 3.83. The molecule has 1 fully saturated rings. The maximum Gasteiger partial charge on any atom is 0.153 e. The minimum atomic E-state index is -0.439. The molecule has 0 bridgehead atoms. The molecule has 0 amide bonds. The summed E-state index contributed by atoms with van der Waals surface area (Å²) in [7, 11) is -0.439. The first-order valence-electron chi connectivity index (χ1n) is 5.08. The lowest BCUT2D eigenvalue weighted by molar-refractivity contribution is 0.236. The van der Waals surface area contributed by atoms with Gasteiger partial charge in [0.25, 0.3) is 0 Å². The van der Waals surface area contributed by atoms with E-state index in [0.717, 1.165) is 25.3 Å². The van der Waals surface area contributed by atoms with Gasteiger partial charge in [0.2, 0.25) is 0 Å². The second kappa shape index (κ2) is 5.34. The molecule has 2 rings (SSSR count). The van der Waals surface area contributed by atoms with Crippen LogP contribution in [0.5, 0.6) is 0 Å². The van der Waals surface area contributed by atoms with Crippen LogP contribution in [0.4, 0.5) is 5.82 Å². The molecule has 2 atom stereocenters. The average molecular weight is 239 g/mol. The Labute approximate surface area is 96.1 Å². The Bertz CT molecular complexity index is 375. The number of anilines is 1. The van der Waals surface area contributed by atoms with Crippen molar-refractivity contribution in [3.8, 4) is 0 Å².